The molecule has 140 valence electrons. The van der Waals surface area contributed by atoms with Crippen LogP contribution in [0.1, 0.15) is 24.1 Å². The van der Waals surface area contributed by atoms with Crippen LogP contribution < -0.4 is 10.6 Å². The van der Waals surface area contributed by atoms with Gasteiger partial charge in [-0.1, -0.05) is 30.3 Å². The number of hydrogen-bond acceptors (Lipinski definition) is 4. The van der Waals surface area contributed by atoms with Crippen LogP contribution in [0.25, 0.3) is 5.70 Å². The minimum Gasteiger partial charge on any atom is -0.506 e. The van der Waals surface area contributed by atoms with Crippen LogP contribution in [-0.4, -0.2) is 22.8 Å². The predicted octanol–water partition coefficient (Wildman–Crippen LogP) is 4.41. The monoisotopic (exact) mass is 510 g/mol. The first-order chi connectivity index (χ1) is 12.9. The molecule has 1 atom stereocenters. The number of carbonyl (C=O) groups excluding carboxylic acids is 1. The first kappa shape index (κ1) is 19.9. The summed E-state index contributed by atoms with van der Waals surface area (Å²) in [4.78, 5) is 12.8. The topological polar surface area (TPSA) is 70.6 Å². The summed E-state index contributed by atoms with van der Waals surface area (Å²) >= 11 is 12.0. The van der Waals surface area contributed by atoms with E-state index in [0.717, 1.165) is 11.1 Å². The number of carbonyl (C=O) groups is 1. The summed E-state index contributed by atoms with van der Waals surface area (Å²) in [5.74, 6) is -0.357. The van der Waals surface area contributed by atoms with E-state index < -0.39 is 12.0 Å². The molecule has 0 aromatic heterocycles. The van der Waals surface area contributed by atoms with E-state index in [1.807, 2.05) is 30.3 Å². The van der Waals surface area contributed by atoms with Gasteiger partial charge in [0, 0.05) is 0 Å². The number of aromatic hydroxyl groups is 1. The Hall–Kier alpha value is -1.90. The van der Waals surface area contributed by atoms with Crippen molar-refractivity contribution in [1.29, 1.82) is 0 Å². The fraction of sp³-hybridized carbons (Fsp3) is 0.158. The van der Waals surface area contributed by atoms with Crippen molar-refractivity contribution >= 4 is 60.9 Å². The fourth-order valence-electron chi connectivity index (χ4n) is 2.83. The molecule has 8 heteroatoms. The van der Waals surface area contributed by atoms with Gasteiger partial charge in [-0.25, -0.2) is 4.79 Å². The van der Waals surface area contributed by atoms with Crippen molar-refractivity contribution in [2.45, 2.75) is 13.0 Å². The van der Waals surface area contributed by atoms with E-state index >= 15 is 0 Å². The van der Waals surface area contributed by atoms with Gasteiger partial charge in [-0.05, 0) is 74.3 Å². The molecule has 0 saturated carbocycles. The molecule has 0 fully saturated rings. The predicted molar refractivity (Wildman–Crippen MR) is 115 cm³/mol. The van der Waals surface area contributed by atoms with Gasteiger partial charge in [-0.2, -0.15) is 0 Å². The number of rotatable bonds is 4. The molecule has 0 unspecified atom stereocenters. The lowest BCUT2D eigenvalue weighted by atomic mass is 9.92. The zero-order valence-electron chi connectivity index (χ0n) is 14.3. The van der Waals surface area contributed by atoms with Gasteiger partial charge in [-0.3, -0.25) is 0 Å². The molecule has 27 heavy (non-hydrogen) atoms. The first-order valence-corrected chi connectivity index (χ1v) is 10.1. The van der Waals surface area contributed by atoms with E-state index in [1.54, 1.807) is 19.1 Å². The van der Waals surface area contributed by atoms with Crippen LogP contribution in [0.3, 0.4) is 0 Å². The van der Waals surface area contributed by atoms with E-state index in [9.17, 15) is 9.90 Å². The fourth-order valence-corrected chi connectivity index (χ4v) is 4.27. The Kier molecular flexibility index (Phi) is 6.18. The van der Waals surface area contributed by atoms with Gasteiger partial charge < -0.3 is 20.5 Å². The maximum Gasteiger partial charge on any atom is 0.338 e. The number of hydrogen-bond donors (Lipinski definition) is 3. The number of phenolic OH excluding ortho intramolecular Hbond substituents is 1. The Balaban J connectivity index is 2.21. The van der Waals surface area contributed by atoms with Crippen LogP contribution in [0.5, 0.6) is 5.75 Å². The third-order valence-electron chi connectivity index (χ3n) is 4.00. The molecular weight excluding hydrogens is 496 g/mol. The molecule has 0 amide bonds. The lowest BCUT2D eigenvalue weighted by Crippen LogP contribution is -2.45. The Morgan fingerprint density at radius 1 is 1.22 bits per heavy atom. The van der Waals surface area contributed by atoms with Crippen molar-refractivity contribution in [3.8, 4) is 5.75 Å². The largest absolute Gasteiger partial charge is 0.506 e. The van der Waals surface area contributed by atoms with Crippen LogP contribution in [0, 0.1) is 0 Å². The number of benzene rings is 2. The summed E-state index contributed by atoms with van der Waals surface area (Å²) in [6.07, 6.45) is 0. The molecule has 1 heterocycles. The Bertz CT molecular complexity index is 909. The van der Waals surface area contributed by atoms with Gasteiger partial charge in [0.2, 0.25) is 0 Å². The molecule has 0 spiro atoms. The smallest absolute Gasteiger partial charge is 0.338 e. The average Bonchev–Trinajstić information content (AvgIpc) is 2.65. The molecule has 0 radical (unpaired) electrons. The normalized spacial score (nSPS) is 16.6. The van der Waals surface area contributed by atoms with Gasteiger partial charge in [0.05, 0.1) is 32.9 Å². The SMILES string of the molecule is CCOC(=O)C1=C(c2ccccc2)NC(=S)N[C@@H]1c1cc(Br)c(O)c(Br)c1. The van der Waals surface area contributed by atoms with Gasteiger partial charge in [-0.15, -0.1) is 0 Å². The second-order valence-corrected chi connectivity index (χ2v) is 7.86. The maximum absolute atomic E-state index is 12.8. The molecule has 0 saturated heterocycles. The van der Waals surface area contributed by atoms with Gasteiger partial charge in [0.1, 0.15) is 5.75 Å². The molecule has 2 aromatic rings. The van der Waals surface area contributed by atoms with Crippen LogP contribution in [0.2, 0.25) is 0 Å². The Morgan fingerprint density at radius 3 is 2.44 bits per heavy atom. The zero-order valence-corrected chi connectivity index (χ0v) is 18.2. The van der Waals surface area contributed by atoms with Crippen molar-refractivity contribution < 1.29 is 14.6 Å². The van der Waals surface area contributed by atoms with E-state index in [1.165, 1.54) is 0 Å². The molecule has 0 aliphatic carbocycles. The van der Waals surface area contributed by atoms with Crippen LogP contribution in [0.4, 0.5) is 0 Å². The van der Waals surface area contributed by atoms with Crippen LogP contribution in [-0.2, 0) is 9.53 Å². The summed E-state index contributed by atoms with van der Waals surface area (Å²) in [5.41, 5.74) is 2.59. The number of thiocarbonyl (C=S) groups is 1. The third kappa shape index (κ3) is 4.17. The quantitative estimate of drug-likeness (QED) is 0.417. The molecule has 1 aliphatic rings. The minimum absolute atomic E-state index is 0.0835. The summed E-state index contributed by atoms with van der Waals surface area (Å²) in [5, 5.41) is 16.6. The first-order valence-electron chi connectivity index (χ1n) is 8.14. The molecule has 5 nitrogen and oxygen atoms in total. The standard InChI is InChI=1S/C19H16Br2N2O3S/c1-2-26-18(25)14-15(10-6-4-3-5-7-10)22-19(27)23-16(14)11-8-12(20)17(24)13(21)9-11/h3-9,16,24H,2H2,1H3,(H2,22,23,27)/t16-/m1/s1. The molecule has 3 N–H and O–H groups in total. The molecule has 2 aromatic carbocycles. The maximum atomic E-state index is 12.8. The number of halogens is 2. The van der Waals surface area contributed by atoms with Crippen molar-refractivity contribution in [1.82, 2.24) is 10.6 Å². The lowest BCUT2D eigenvalue weighted by molar-refractivity contribution is -0.138. The molecule has 1 aliphatic heterocycles. The highest BCUT2D eigenvalue weighted by Crippen LogP contribution is 2.39. The van der Waals surface area contributed by atoms with Gasteiger partial charge in [0.25, 0.3) is 0 Å². The van der Waals surface area contributed by atoms with Crippen molar-refractivity contribution in [2.24, 2.45) is 0 Å². The number of ether oxygens (including phenoxy) is 1. The van der Waals surface area contributed by atoms with Crippen LogP contribution in [0.15, 0.2) is 57.0 Å². The number of phenols is 1. The second-order valence-electron chi connectivity index (χ2n) is 5.74. The van der Waals surface area contributed by atoms with Gasteiger partial charge >= 0.3 is 5.97 Å². The highest BCUT2D eigenvalue weighted by atomic mass is 79.9. The van der Waals surface area contributed by atoms with Gasteiger partial charge in [0.15, 0.2) is 5.11 Å². The lowest BCUT2D eigenvalue weighted by Gasteiger charge is -2.31. The Labute approximate surface area is 179 Å². The third-order valence-corrected chi connectivity index (χ3v) is 5.43. The molecule has 3 rings (SSSR count). The summed E-state index contributed by atoms with van der Waals surface area (Å²) in [6.45, 7) is 2.02. The van der Waals surface area contributed by atoms with Crippen LogP contribution >= 0.6 is 44.1 Å². The van der Waals surface area contributed by atoms with Crippen molar-refractivity contribution in [2.75, 3.05) is 6.61 Å². The number of esters is 1. The highest BCUT2D eigenvalue weighted by Gasteiger charge is 2.33. The summed E-state index contributed by atoms with van der Waals surface area (Å²) in [6, 6.07) is 12.4. The zero-order chi connectivity index (χ0) is 19.6. The second kappa shape index (κ2) is 8.41. The molecular formula is C19H16Br2N2O3S. The van der Waals surface area contributed by atoms with E-state index in [2.05, 4.69) is 42.5 Å². The average molecular weight is 512 g/mol. The van der Waals surface area contributed by atoms with Crippen molar-refractivity contribution in [3.05, 3.63) is 68.1 Å². The highest BCUT2D eigenvalue weighted by molar-refractivity contribution is 9.11. The van der Waals surface area contributed by atoms with E-state index in [0.29, 0.717) is 25.3 Å². The Morgan fingerprint density at radius 2 is 1.85 bits per heavy atom. The van der Waals surface area contributed by atoms with E-state index in [-0.39, 0.29) is 12.4 Å². The minimum atomic E-state index is -0.541. The number of nitrogens with one attached hydrogen (secondary N) is 2. The molecule has 0 bridgehead atoms. The summed E-state index contributed by atoms with van der Waals surface area (Å²) in [7, 11) is 0. The van der Waals surface area contributed by atoms with E-state index in [4.69, 9.17) is 17.0 Å². The summed E-state index contributed by atoms with van der Waals surface area (Å²) < 4.78 is 6.32. The van der Waals surface area contributed by atoms with Crippen molar-refractivity contribution in [3.63, 3.8) is 0 Å².